The number of nitrogen functional groups attached to an aromatic ring is 1. The number of carbonyl (C=O) groups is 4. The number of nitrogens with zero attached hydrogens (tertiary/aromatic N) is 3. The van der Waals surface area contributed by atoms with Gasteiger partial charge in [0.25, 0.3) is 11.8 Å². The van der Waals surface area contributed by atoms with Crippen LogP contribution < -0.4 is 11.1 Å². The molecule has 0 aliphatic carbocycles. The topological polar surface area (TPSA) is 163 Å². The van der Waals surface area contributed by atoms with Crippen LogP contribution in [0.25, 0.3) is 0 Å². The molecule has 1 fully saturated rings. The maximum absolute atomic E-state index is 13.1. The minimum Gasteiger partial charge on any atom is -0.427 e. The second-order valence-electron chi connectivity index (χ2n) is 8.66. The number of ether oxygens (including phenoxy) is 2. The van der Waals surface area contributed by atoms with Crippen LogP contribution >= 0.6 is 23.1 Å². The fourth-order valence-corrected chi connectivity index (χ4v) is 5.15. The van der Waals surface area contributed by atoms with Crippen LogP contribution in [0.4, 0.5) is 5.13 Å². The van der Waals surface area contributed by atoms with E-state index in [1.807, 2.05) is 0 Å². The van der Waals surface area contributed by atoms with Gasteiger partial charge >= 0.3 is 11.9 Å². The van der Waals surface area contributed by atoms with Crippen molar-refractivity contribution in [2.75, 3.05) is 25.4 Å². The van der Waals surface area contributed by atoms with Crippen molar-refractivity contribution in [3.63, 3.8) is 0 Å². The molecule has 2 amide bonds. The van der Waals surface area contributed by atoms with Crippen LogP contribution in [0.3, 0.4) is 0 Å². The van der Waals surface area contributed by atoms with Gasteiger partial charge in [0.15, 0.2) is 10.8 Å². The minimum absolute atomic E-state index is 0.0391. The van der Waals surface area contributed by atoms with E-state index in [0.29, 0.717) is 11.3 Å². The Morgan fingerprint density at radius 2 is 2.06 bits per heavy atom. The van der Waals surface area contributed by atoms with E-state index in [1.54, 1.807) is 45.2 Å². The monoisotopic (exact) mass is 537 g/mol. The summed E-state index contributed by atoms with van der Waals surface area (Å²) in [6, 6.07) is -0.922. The van der Waals surface area contributed by atoms with E-state index in [-0.39, 0.29) is 22.2 Å². The minimum atomic E-state index is -0.922. The fourth-order valence-electron chi connectivity index (χ4n) is 3.28. The molecule has 1 aromatic rings. The summed E-state index contributed by atoms with van der Waals surface area (Å²) < 4.78 is 10.2. The predicted molar refractivity (Wildman–Crippen MR) is 133 cm³/mol. The quantitative estimate of drug-likeness (QED) is 0.163. The summed E-state index contributed by atoms with van der Waals surface area (Å²) in [4.78, 5) is 60.9. The Morgan fingerprint density at radius 3 is 2.64 bits per heavy atom. The number of thioether (sulfide) groups is 1. The first-order valence-electron chi connectivity index (χ1n) is 10.8. The maximum atomic E-state index is 13.1. The molecule has 3 rings (SSSR count). The molecule has 1 aromatic heterocycles. The van der Waals surface area contributed by atoms with E-state index in [1.165, 1.54) is 23.8 Å². The van der Waals surface area contributed by atoms with Crippen molar-refractivity contribution in [3.8, 4) is 0 Å². The molecule has 2 aliphatic heterocycles. The van der Waals surface area contributed by atoms with Gasteiger partial charge in [0, 0.05) is 11.1 Å². The highest BCUT2D eigenvalue weighted by Crippen LogP contribution is 2.41. The summed E-state index contributed by atoms with van der Waals surface area (Å²) >= 11 is 2.50. The number of thiazole rings is 1. The molecule has 14 heteroatoms. The number of nitrogens with two attached hydrogens (primary N) is 1. The number of hydrogen-bond donors (Lipinski definition) is 2. The molecule has 194 valence electrons. The Labute approximate surface area is 215 Å². The third-order valence-corrected chi connectivity index (χ3v) is 6.98. The van der Waals surface area contributed by atoms with Gasteiger partial charge in [-0.15, -0.1) is 23.1 Å². The standard InChI is InChI=1S/C22H27N5O7S2/c1-6-7-11-8-35-18-14(25-16(28)13(26-32-5)12-9-36-21(23)24-12)17(29)27(18)15(11)19(30)33-10-34-20(31)22(2,3)4/h6-7,9,14,18H,8,10H2,1-5H3,(H2,23,24)(H,25,28)/b7-6-,26-13-/t14-,18-/m1/s1. The first-order chi connectivity index (χ1) is 17.0. The highest BCUT2D eigenvalue weighted by molar-refractivity contribution is 8.00. The molecule has 3 N–H and O–H groups in total. The molecule has 3 heterocycles. The van der Waals surface area contributed by atoms with Gasteiger partial charge in [-0.05, 0) is 33.3 Å². The number of aromatic nitrogens is 1. The molecule has 12 nitrogen and oxygen atoms in total. The number of amides is 2. The SMILES string of the molecule is C/C=C\C1=C(C(=O)OCOC(=O)C(C)(C)C)N2C(=O)[C@@H](NC(=O)/C(=N\OC)c3csc(N)n3)[C@H]2SC1. The lowest BCUT2D eigenvalue weighted by molar-refractivity contribution is -0.173. The molecule has 0 saturated carbocycles. The van der Waals surface area contributed by atoms with Crippen molar-refractivity contribution in [2.45, 2.75) is 39.1 Å². The van der Waals surface area contributed by atoms with Crippen LogP contribution in [0, 0.1) is 5.41 Å². The van der Waals surface area contributed by atoms with Crippen molar-refractivity contribution in [1.82, 2.24) is 15.2 Å². The van der Waals surface area contributed by atoms with Crippen LogP contribution in [0.2, 0.25) is 0 Å². The molecule has 2 aliphatic rings. The number of carbonyl (C=O) groups excluding carboxylic acids is 4. The normalized spacial score (nSPS) is 20.1. The van der Waals surface area contributed by atoms with Crippen molar-refractivity contribution < 1.29 is 33.5 Å². The van der Waals surface area contributed by atoms with Crippen LogP contribution in [-0.2, 0) is 33.5 Å². The van der Waals surface area contributed by atoms with Gasteiger partial charge in [-0.1, -0.05) is 17.3 Å². The molecule has 1 saturated heterocycles. The zero-order valence-corrected chi connectivity index (χ0v) is 22.0. The Hall–Kier alpha value is -3.39. The van der Waals surface area contributed by atoms with Gasteiger partial charge < -0.3 is 25.4 Å². The number of anilines is 1. The first-order valence-corrected chi connectivity index (χ1v) is 12.7. The van der Waals surface area contributed by atoms with Crippen LogP contribution in [0.15, 0.2) is 34.0 Å². The Kier molecular flexibility index (Phi) is 8.40. The Balaban J connectivity index is 1.74. The van der Waals surface area contributed by atoms with Crippen molar-refractivity contribution in [2.24, 2.45) is 10.6 Å². The number of esters is 2. The number of rotatable bonds is 8. The van der Waals surface area contributed by atoms with Gasteiger partial charge in [0.1, 0.15) is 29.9 Å². The molecule has 0 radical (unpaired) electrons. The average Bonchev–Trinajstić information content (AvgIpc) is 3.25. The van der Waals surface area contributed by atoms with Crippen molar-refractivity contribution in [3.05, 3.63) is 34.5 Å². The number of fused-ring (bicyclic) bond motifs is 1. The summed E-state index contributed by atoms with van der Waals surface area (Å²) in [6.45, 7) is 6.21. The van der Waals surface area contributed by atoms with Gasteiger partial charge in [-0.2, -0.15) is 0 Å². The molecule has 0 aromatic carbocycles. The van der Waals surface area contributed by atoms with Crippen LogP contribution in [0.5, 0.6) is 0 Å². The largest absolute Gasteiger partial charge is 0.427 e. The van der Waals surface area contributed by atoms with E-state index in [4.69, 9.17) is 20.0 Å². The van der Waals surface area contributed by atoms with Gasteiger partial charge in [0.05, 0.1) is 5.41 Å². The maximum Gasteiger partial charge on any atom is 0.358 e. The molecule has 0 spiro atoms. The summed E-state index contributed by atoms with van der Waals surface area (Å²) in [6.07, 6.45) is 3.44. The lowest BCUT2D eigenvalue weighted by Crippen LogP contribution is -2.71. The van der Waals surface area contributed by atoms with E-state index in [2.05, 4.69) is 15.5 Å². The summed E-state index contributed by atoms with van der Waals surface area (Å²) in [5.74, 6) is -2.14. The number of allylic oxidation sites excluding steroid dienone is 2. The highest BCUT2D eigenvalue weighted by Gasteiger charge is 2.54. The molecule has 0 unspecified atom stereocenters. The zero-order valence-electron chi connectivity index (χ0n) is 20.4. The van der Waals surface area contributed by atoms with Gasteiger partial charge in [0.2, 0.25) is 6.79 Å². The molecule has 36 heavy (non-hydrogen) atoms. The molecule has 0 bridgehead atoms. The van der Waals surface area contributed by atoms with Crippen LogP contribution in [0.1, 0.15) is 33.4 Å². The summed E-state index contributed by atoms with van der Waals surface area (Å²) in [5.41, 5.74) is 5.57. The zero-order chi connectivity index (χ0) is 26.6. The van der Waals surface area contributed by atoms with E-state index >= 15 is 0 Å². The molecular formula is C22H27N5O7S2. The number of oxime groups is 1. The lowest BCUT2D eigenvalue weighted by atomic mass is 9.98. The third-order valence-electron chi connectivity index (χ3n) is 5.00. The van der Waals surface area contributed by atoms with E-state index in [9.17, 15) is 19.2 Å². The number of β-lactam (4-membered cyclic amide) rings is 1. The Morgan fingerprint density at radius 1 is 1.33 bits per heavy atom. The summed E-state index contributed by atoms with van der Waals surface area (Å²) in [7, 11) is 1.28. The molecule has 2 atom stereocenters. The first kappa shape index (κ1) is 27.2. The van der Waals surface area contributed by atoms with Gasteiger partial charge in [-0.3, -0.25) is 19.3 Å². The van der Waals surface area contributed by atoms with Crippen molar-refractivity contribution in [1.29, 1.82) is 0 Å². The Bertz CT molecular complexity index is 1150. The van der Waals surface area contributed by atoms with E-state index in [0.717, 1.165) is 11.3 Å². The van der Waals surface area contributed by atoms with Crippen molar-refractivity contribution >= 4 is 57.7 Å². The lowest BCUT2D eigenvalue weighted by Gasteiger charge is -2.49. The predicted octanol–water partition coefficient (Wildman–Crippen LogP) is 1.40. The fraction of sp³-hybridized carbons (Fsp3) is 0.455. The van der Waals surface area contributed by atoms with Crippen LogP contribution in [-0.4, -0.2) is 70.4 Å². The molecular weight excluding hydrogens is 510 g/mol. The second-order valence-corrected chi connectivity index (χ2v) is 10.7. The smallest absolute Gasteiger partial charge is 0.358 e. The summed E-state index contributed by atoms with van der Waals surface area (Å²) in [5, 5.41) is 7.59. The highest BCUT2D eigenvalue weighted by atomic mass is 32.2. The third kappa shape index (κ3) is 5.70. The van der Waals surface area contributed by atoms with Gasteiger partial charge in [-0.25, -0.2) is 9.78 Å². The average molecular weight is 538 g/mol. The number of nitrogens with one attached hydrogen (secondary N) is 1. The number of hydrogen-bond acceptors (Lipinski definition) is 12. The van der Waals surface area contributed by atoms with E-state index < -0.39 is 47.4 Å². The second kappa shape index (κ2) is 11.1.